The minimum absolute atomic E-state index is 0.482. The van der Waals surface area contributed by atoms with E-state index < -0.39 is 0 Å². The predicted molar refractivity (Wildman–Crippen MR) is 269 cm³/mol. The highest BCUT2D eigenvalue weighted by Crippen LogP contribution is 2.43. The first-order valence-corrected chi connectivity index (χ1v) is 22.4. The molecule has 8 nitrogen and oxygen atoms in total. The monoisotopic (exact) mass is 852 g/mol. The molecule has 9 heteroatoms. The van der Waals surface area contributed by atoms with Crippen LogP contribution in [0, 0.1) is 0 Å². The minimum atomic E-state index is 0.482. The average molecular weight is 853 g/mol. The average Bonchev–Trinajstić information content (AvgIpc) is 4.02. The second-order valence-electron chi connectivity index (χ2n) is 16.0. The molecule has 5 aromatic heterocycles. The van der Waals surface area contributed by atoms with Gasteiger partial charge in [0.15, 0.2) is 4.83 Å². The molecular weight excluding hydrogens is 817 g/mol. The van der Waals surface area contributed by atoms with Gasteiger partial charge in [0.05, 0.1) is 38.7 Å². The van der Waals surface area contributed by atoms with Crippen LogP contribution in [0.1, 0.15) is 0 Å². The minimum Gasteiger partial charge on any atom is -0.309 e. The fraction of sp³-hybridized carbons (Fsp3) is 0. The highest BCUT2D eigenvalue weighted by Gasteiger charge is 2.23. The number of rotatable bonds is 8. The molecule has 13 aromatic rings. The van der Waals surface area contributed by atoms with Gasteiger partial charge in [0.25, 0.3) is 5.95 Å². The van der Waals surface area contributed by atoms with E-state index in [2.05, 4.69) is 207 Å². The second-order valence-corrected chi connectivity index (χ2v) is 17.1. The molecule has 8 aromatic carbocycles. The molecule has 0 bridgehead atoms. The Morgan fingerprint density at radius 2 is 0.846 bits per heavy atom. The molecule has 0 saturated heterocycles. The van der Waals surface area contributed by atoms with Crippen LogP contribution in [0.25, 0.3) is 75.6 Å². The predicted octanol–water partition coefficient (Wildman–Crippen LogP) is 14.8. The van der Waals surface area contributed by atoms with E-state index in [9.17, 15) is 0 Å². The number of pyridine rings is 1. The molecule has 0 aliphatic carbocycles. The van der Waals surface area contributed by atoms with Crippen LogP contribution in [-0.4, -0.2) is 29.3 Å². The van der Waals surface area contributed by atoms with Crippen LogP contribution in [0.5, 0.6) is 0 Å². The Morgan fingerprint density at radius 1 is 0.369 bits per heavy atom. The molecule has 0 aliphatic rings. The zero-order valence-electron chi connectivity index (χ0n) is 34.8. The molecule has 0 unspecified atom stereocenters. The Bertz CT molecular complexity index is 3650. The third-order valence-corrected chi connectivity index (χ3v) is 13.3. The number of thiophene rings is 1. The lowest BCUT2D eigenvalue weighted by atomic mass is 10.1. The van der Waals surface area contributed by atoms with Gasteiger partial charge in [-0.1, -0.05) is 109 Å². The van der Waals surface area contributed by atoms with Gasteiger partial charge in [-0.15, -0.1) is 21.5 Å². The Balaban J connectivity index is 0.936. The maximum atomic E-state index is 5.25. The highest BCUT2D eigenvalue weighted by atomic mass is 32.1. The third-order valence-electron chi connectivity index (χ3n) is 12.3. The van der Waals surface area contributed by atoms with E-state index in [4.69, 9.17) is 20.2 Å². The van der Waals surface area contributed by atoms with Crippen LogP contribution in [0.2, 0.25) is 0 Å². The van der Waals surface area contributed by atoms with Crippen LogP contribution in [0.4, 0.5) is 34.4 Å². The van der Waals surface area contributed by atoms with Crippen molar-refractivity contribution in [2.24, 2.45) is 0 Å². The van der Waals surface area contributed by atoms with E-state index in [1.165, 1.54) is 21.7 Å². The Labute approximate surface area is 377 Å². The van der Waals surface area contributed by atoms with Crippen LogP contribution in [0.3, 0.4) is 0 Å². The van der Waals surface area contributed by atoms with Crippen molar-refractivity contribution >= 4 is 110 Å². The molecule has 0 radical (unpaired) electrons. The quantitative estimate of drug-likeness (QED) is 0.152. The van der Waals surface area contributed by atoms with Crippen LogP contribution in [-0.2, 0) is 0 Å². The normalized spacial score (nSPS) is 11.7. The first-order valence-electron chi connectivity index (χ1n) is 21.6. The van der Waals surface area contributed by atoms with Gasteiger partial charge in [-0.3, -0.25) is 9.88 Å². The summed E-state index contributed by atoms with van der Waals surface area (Å²) in [6, 6.07) is 74.6. The number of benzene rings is 8. The molecule has 0 aliphatic heterocycles. The number of nitrogens with zero attached hydrogens (tertiary/aromatic N) is 8. The van der Waals surface area contributed by atoms with E-state index in [0.717, 1.165) is 76.8 Å². The molecule has 13 rings (SSSR count). The number of fused-ring (bicyclic) bond motifs is 9. The maximum absolute atomic E-state index is 5.25. The van der Waals surface area contributed by atoms with Crippen molar-refractivity contribution in [2.45, 2.75) is 0 Å². The third kappa shape index (κ3) is 6.05. The summed E-state index contributed by atoms with van der Waals surface area (Å²) in [7, 11) is 0. The van der Waals surface area contributed by atoms with E-state index in [-0.39, 0.29) is 0 Å². The van der Waals surface area contributed by atoms with Crippen molar-refractivity contribution in [3.8, 4) is 11.4 Å². The van der Waals surface area contributed by atoms with Crippen molar-refractivity contribution in [3.63, 3.8) is 0 Å². The Morgan fingerprint density at radius 3 is 1.42 bits per heavy atom. The molecule has 0 amide bonds. The summed E-state index contributed by atoms with van der Waals surface area (Å²) < 4.78 is 5.64. The molecule has 0 saturated carbocycles. The maximum Gasteiger partial charge on any atom is 0.255 e. The summed E-state index contributed by atoms with van der Waals surface area (Å²) in [5.41, 5.74) is 13.2. The fourth-order valence-electron chi connectivity index (χ4n) is 9.43. The molecule has 0 N–H and O–H groups in total. The summed E-state index contributed by atoms with van der Waals surface area (Å²) in [4.78, 5) is 15.5. The Kier molecular flexibility index (Phi) is 8.53. The Hall–Kier alpha value is -8.66. The van der Waals surface area contributed by atoms with Crippen molar-refractivity contribution in [1.29, 1.82) is 0 Å². The molecule has 0 spiro atoms. The highest BCUT2D eigenvalue weighted by molar-refractivity contribution is 7.25. The smallest absolute Gasteiger partial charge is 0.255 e. The molecule has 5 heterocycles. The molecule has 0 atom stereocenters. The summed E-state index contributed by atoms with van der Waals surface area (Å²) in [5, 5.41) is 14.4. The summed E-state index contributed by atoms with van der Waals surface area (Å²) >= 11 is 1.58. The van der Waals surface area contributed by atoms with E-state index in [0.29, 0.717) is 11.5 Å². The van der Waals surface area contributed by atoms with Gasteiger partial charge in [0, 0.05) is 55.7 Å². The largest absolute Gasteiger partial charge is 0.309 e. The van der Waals surface area contributed by atoms with Gasteiger partial charge in [0.2, 0.25) is 0 Å². The van der Waals surface area contributed by atoms with Crippen LogP contribution < -0.4 is 9.80 Å². The number of para-hydroxylation sites is 6. The topological polar surface area (TPSA) is 67.9 Å². The van der Waals surface area contributed by atoms with Gasteiger partial charge >= 0.3 is 0 Å². The van der Waals surface area contributed by atoms with Gasteiger partial charge in [-0.25, -0.2) is 0 Å². The van der Waals surface area contributed by atoms with Gasteiger partial charge in [-0.05, 0) is 103 Å². The van der Waals surface area contributed by atoms with Gasteiger partial charge in [0.1, 0.15) is 11.0 Å². The first kappa shape index (κ1) is 36.9. The van der Waals surface area contributed by atoms with Crippen molar-refractivity contribution in [2.75, 3.05) is 9.80 Å². The standard InChI is InChI=1S/C56H36N8S/c1-5-17-37(18-6-1)61(41-29-31-50-46(33-41)44-25-13-15-27-48(44)63(50)39-21-9-3-10-22-39)43-35-52-53(57-36-43)54-55(65-52)58-56(60-59-54)62(38-19-7-2-8-20-38)42-30-32-51-47(34-42)45-26-14-16-28-49(45)64(51)40-23-11-4-12-24-40/h1-36H. The molecule has 0 fully saturated rings. The van der Waals surface area contributed by atoms with Crippen LogP contribution >= 0.6 is 11.3 Å². The number of hydrogen-bond acceptors (Lipinski definition) is 7. The molecular formula is C56H36N8S. The van der Waals surface area contributed by atoms with Crippen molar-refractivity contribution in [1.82, 2.24) is 29.3 Å². The molecule has 306 valence electrons. The fourth-order valence-corrected chi connectivity index (χ4v) is 10.4. The SMILES string of the molecule is c1ccc(N(c2cnc3c(c2)sc2nc(N(c4ccccc4)c4ccc5c(c4)c4ccccc4n5-c4ccccc4)nnc23)c2ccc3c(c2)c2ccccc2n3-c2ccccc2)cc1. The van der Waals surface area contributed by atoms with E-state index in [1.54, 1.807) is 11.3 Å². The lowest BCUT2D eigenvalue weighted by Gasteiger charge is -2.25. The second kappa shape index (κ2) is 15.0. The van der Waals surface area contributed by atoms with Gasteiger partial charge < -0.3 is 14.0 Å². The first-order chi connectivity index (χ1) is 32.2. The van der Waals surface area contributed by atoms with E-state index >= 15 is 0 Å². The van der Waals surface area contributed by atoms with Crippen molar-refractivity contribution in [3.05, 3.63) is 219 Å². The lowest BCUT2D eigenvalue weighted by molar-refractivity contribution is 0.993. The zero-order valence-corrected chi connectivity index (χ0v) is 35.6. The number of aromatic nitrogens is 6. The van der Waals surface area contributed by atoms with Crippen LogP contribution in [0.15, 0.2) is 219 Å². The summed E-state index contributed by atoms with van der Waals surface area (Å²) in [5.74, 6) is 0.482. The van der Waals surface area contributed by atoms with Crippen molar-refractivity contribution < 1.29 is 0 Å². The number of anilines is 6. The van der Waals surface area contributed by atoms with E-state index in [1.807, 2.05) is 30.5 Å². The molecule has 65 heavy (non-hydrogen) atoms. The number of hydrogen-bond donors (Lipinski definition) is 0. The zero-order chi connectivity index (χ0) is 42.8. The lowest BCUT2D eigenvalue weighted by Crippen LogP contribution is -2.14. The summed E-state index contributed by atoms with van der Waals surface area (Å²) in [6.07, 6.45) is 1.94. The van der Waals surface area contributed by atoms with Gasteiger partial charge in [-0.2, -0.15) is 4.98 Å². The summed E-state index contributed by atoms with van der Waals surface area (Å²) in [6.45, 7) is 0.